The molecule has 10 nitrogen and oxygen atoms in total. The van der Waals surface area contributed by atoms with Crippen molar-refractivity contribution in [2.45, 2.75) is 13.5 Å². The molecule has 2 aromatic heterocycles. The number of hydrogen-bond acceptors (Lipinski definition) is 7. The molecule has 1 amide bonds. The molecule has 0 aliphatic rings. The summed E-state index contributed by atoms with van der Waals surface area (Å²) in [5.41, 5.74) is 1.37. The molecule has 27 heavy (non-hydrogen) atoms. The van der Waals surface area contributed by atoms with Crippen molar-refractivity contribution in [3.8, 4) is 5.95 Å². The fraction of sp³-hybridized carbons (Fsp3) is 0.133. The number of amides is 1. The van der Waals surface area contributed by atoms with E-state index in [-0.39, 0.29) is 17.7 Å². The van der Waals surface area contributed by atoms with Gasteiger partial charge in [0, 0.05) is 0 Å². The fourth-order valence-corrected chi connectivity index (χ4v) is 2.46. The average Bonchev–Trinajstić information content (AvgIpc) is 3.17. The summed E-state index contributed by atoms with van der Waals surface area (Å²) < 4.78 is 10.7. The second kappa shape index (κ2) is 7.64. The molecule has 0 aliphatic carbocycles. The lowest BCUT2D eigenvalue weighted by Crippen LogP contribution is -2.14. The second-order valence-electron chi connectivity index (χ2n) is 5.24. The minimum absolute atomic E-state index is 0.0500. The van der Waals surface area contributed by atoms with Crippen molar-refractivity contribution in [1.29, 1.82) is 0 Å². The third-order valence-corrected chi connectivity index (χ3v) is 4.15. The first kappa shape index (κ1) is 18.7. The lowest BCUT2D eigenvalue weighted by Gasteiger charge is -2.05. The minimum atomic E-state index is -1.56. The van der Waals surface area contributed by atoms with Crippen LogP contribution < -0.4 is 10.1 Å². The highest BCUT2D eigenvalue weighted by molar-refractivity contribution is 6.42. The number of carbonyl (C=O) groups excluding carboxylic acids is 1. The number of carboxylic acid groups (broad SMARTS) is 1. The number of rotatable bonds is 5. The lowest BCUT2D eigenvalue weighted by molar-refractivity contribution is 0.101. The predicted octanol–water partition coefficient (Wildman–Crippen LogP) is 3.24. The Morgan fingerprint density at radius 3 is 2.81 bits per heavy atom. The van der Waals surface area contributed by atoms with Crippen LogP contribution in [0.2, 0.25) is 10.0 Å². The molecule has 0 radical (unpaired) electrons. The molecule has 0 unspecified atom stereocenters. The number of ether oxygens (including phenoxy) is 1. The summed E-state index contributed by atoms with van der Waals surface area (Å²) in [5, 5.41) is 19.5. The highest BCUT2D eigenvalue weighted by atomic mass is 35.5. The summed E-state index contributed by atoms with van der Waals surface area (Å²) in [6.45, 7) is 2.00. The van der Waals surface area contributed by atoms with E-state index in [1.807, 2.05) is 0 Å². The number of hydrogen-bond donors (Lipinski definition) is 2. The van der Waals surface area contributed by atoms with Gasteiger partial charge in [-0.1, -0.05) is 34.5 Å². The zero-order valence-corrected chi connectivity index (χ0v) is 15.2. The van der Waals surface area contributed by atoms with E-state index in [1.54, 1.807) is 25.1 Å². The van der Waals surface area contributed by atoms with Crippen molar-refractivity contribution >= 4 is 41.3 Å². The topological polar surface area (TPSA) is 132 Å². The van der Waals surface area contributed by atoms with E-state index in [1.165, 1.54) is 4.68 Å². The van der Waals surface area contributed by atoms with Crippen LogP contribution in [0.1, 0.15) is 21.7 Å². The Labute approximate surface area is 161 Å². The molecule has 3 rings (SSSR count). The Morgan fingerprint density at radius 1 is 1.33 bits per heavy atom. The Balaban J connectivity index is 1.72. The Kier molecular flexibility index (Phi) is 5.28. The highest BCUT2D eigenvalue weighted by Crippen LogP contribution is 2.23. The largest absolute Gasteiger partial charge is 0.513 e. The minimum Gasteiger partial charge on any atom is -0.449 e. The van der Waals surface area contributed by atoms with Crippen LogP contribution in [0.25, 0.3) is 0 Å². The predicted molar refractivity (Wildman–Crippen MR) is 93.4 cm³/mol. The molecule has 3 aromatic rings. The Hall–Kier alpha value is -3.11. The van der Waals surface area contributed by atoms with Gasteiger partial charge >= 0.3 is 18.1 Å². The molecule has 0 spiro atoms. The van der Waals surface area contributed by atoms with Crippen LogP contribution in [-0.4, -0.2) is 37.1 Å². The molecule has 2 N–H and O–H groups in total. The molecule has 2 heterocycles. The van der Waals surface area contributed by atoms with Gasteiger partial charge in [-0.05, 0) is 24.6 Å². The van der Waals surface area contributed by atoms with Gasteiger partial charge in [0.25, 0.3) is 5.91 Å². The molecule has 0 bridgehead atoms. The molecule has 0 atom stereocenters. The van der Waals surface area contributed by atoms with Crippen LogP contribution in [-0.2, 0) is 6.54 Å². The van der Waals surface area contributed by atoms with Crippen LogP contribution in [0.4, 0.5) is 10.8 Å². The number of anilines is 1. The second-order valence-corrected chi connectivity index (χ2v) is 6.05. The van der Waals surface area contributed by atoms with Gasteiger partial charge in [0.15, 0.2) is 5.69 Å². The van der Waals surface area contributed by atoms with Crippen molar-refractivity contribution in [3.05, 3.63) is 51.4 Å². The van der Waals surface area contributed by atoms with Gasteiger partial charge in [0.05, 0.1) is 22.3 Å². The van der Waals surface area contributed by atoms with Crippen LogP contribution in [0.15, 0.2) is 28.8 Å². The first-order valence-corrected chi connectivity index (χ1v) is 8.11. The summed E-state index contributed by atoms with van der Waals surface area (Å²) in [5.74, 6) is -1.01. The number of carbonyl (C=O) groups is 2. The van der Waals surface area contributed by atoms with E-state index < -0.39 is 12.1 Å². The molecule has 0 saturated carbocycles. The Morgan fingerprint density at radius 2 is 2.11 bits per heavy atom. The smallest absolute Gasteiger partial charge is 0.449 e. The number of nitrogens with one attached hydrogen (secondary N) is 1. The van der Waals surface area contributed by atoms with Gasteiger partial charge < -0.3 is 14.3 Å². The number of benzene rings is 1. The van der Waals surface area contributed by atoms with E-state index in [9.17, 15) is 9.59 Å². The SMILES string of the molecule is Cc1c(C(=O)Nc2ncc(OC(=O)O)o2)nnn1Cc1ccc(Cl)c(Cl)c1. The first-order valence-electron chi connectivity index (χ1n) is 7.35. The molecular formula is C15H11Cl2N5O5. The number of aromatic nitrogens is 4. The van der Waals surface area contributed by atoms with Gasteiger partial charge in [-0.15, -0.1) is 5.10 Å². The van der Waals surface area contributed by atoms with Crippen LogP contribution in [0.5, 0.6) is 5.95 Å². The lowest BCUT2D eigenvalue weighted by atomic mass is 10.2. The summed E-state index contributed by atoms with van der Waals surface area (Å²) in [6.07, 6.45) is -0.553. The number of nitrogens with zero attached hydrogens (tertiary/aromatic N) is 4. The maximum atomic E-state index is 12.3. The molecular weight excluding hydrogens is 401 g/mol. The molecule has 0 aliphatic heterocycles. The van der Waals surface area contributed by atoms with E-state index in [0.29, 0.717) is 22.3 Å². The number of halogens is 2. The zero-order chi connectivity index (χ0) is 19.6. The van der Waals surface area contributed by atoms with Crippen LogP contribution >= 0.6 is 23.2 Å². The molecule has 1 aromatic carbocycles. The maximum Gasteiger partial charge on any atom is 0.513 e. The molecule has 12 heteroatoms. The highest BCUT2D eigenvalue weighted by Gasteiger charge is 2.19. The van der Waals surface area contributed by atoms with E-state index in [0.717, 1.165) is 11.8 Å². The monoisotopic (exact) mass is 411 g/mol. The van der Waals surface area contributed by atoms with Crippen molar-refractivity contribution in [3.63, 3.8) is 0 Å². The quantitative estimate of drug-likeness (QED) is 0.611. The molecule has 0 fully saturated rings. The van der Waals surface area contributed by atoms with Crippen LogP contribution in [0, 0.1) is 6.92 Å². The van der Waals surface area contributed by atoms with E-state index >= 15 is 0 Å². The molecule has 0 saturated heterocycles. The summed E-state index contributed by atoms with van der Waals surface area (Å²) >= 11 is 11.9. The molecule has 140 valence electrons. The van der Waals surface area contributed by atoms with E-state index in [2.05, 4.69) is 25.3 Å². The Bertz CT molecular complexity index is 1020. The van der Waals surface area contributed by atoms with Gasteiger partial charge in [0.1, 0.15) is 6.20 Å². The van der Waals surface area contributed by atoms with Gasteiger partial charge in [-0.3, -0.25) is 10.1 Å². The average molecular weight is 412 g/mol. The van der Waals surface area contributed by atoms with Gasteiger partial charge in [0.2, 0.25) is 0 Å². The fourth-order valence-electron chi connectivity index (χ4n) is 2.14. The standard InChI is InChI=1S/C15H11Cl2N5O5/c1-7-12(13(23)19-14-18-5-11(26-14)27-15(24)25)20-21-22(7)6-8-2-3-9(16)10(17)4-8/h2-5H,6H2,1H3,(H,24,25)(H,18,19,23). The van der Waals surface area contributed by atoms with Crippen molar-refractivity contribution in [2.24, 2.45) is 0 Å². The normalized spacial score (nSPS) is 10.6. The van der Waals surface area contributed by atoms with Gasteiger partial charge in [-0.25, -0.2) is 9.48 Å². The van der Waals surface area contributed by atoms with Crippen molar-refractivity contribution < 1.29 is 23.8 Å². The summed E-state index contributed by atoms with van der Waals surface area (Å²) in [7, 11) is 0. The van der Waals surface area contributed by atoms with Crippen LogP contribution in [0.3, 0.4) is 0 Å². The first-order chi connectivity index (χ1) is 12.8. The summed E-state index contributed by atoms with van der Waals surface area (Å²) in [4.78, 5) is 26.4. The van der Waals surface area contributed by atoms with Gasteiger partial charge in [-0.2, -0.15) is 4.98 Å². The third-order valence-electron chi connectivity index (χ3n) is 3.41. The third kappa shape index (κ3) is 4.36. The van der Waals surface area contributed by atoms with Crippen molar-refractivity contribution in [2.75, 3.05) is 5.32 Å². The maximum absolute atomic E-state index is 12.3. The summed E-state index contributed by atoms with van der Waals surface area (Å²) in [6, 6.07) is 4.90. The zero-order valence-electron chi connectivity index (χ0n) is 13.6. The number of oxazole rings is 1. The van der Waals surface area contributed by atoms with Crippen molar-refractivity contribution in [1.82, 2.24) is 20.0 Å². The van der Waals surface area contributed by atoms with E-state index in [4.69, 9.17) is 32.7 Å².